The number of hydrogen-bond acceptors (Lipinski definition) is 4. The summed E-state index contributed by atoms with van der Waals surface area (Å²) in [6.45, 7) is -0.261. The molecule has 5 nitrogen and oxygen atoms in total. The van der Waals surface area contributed by atoms with Gasteiger partial charge in [-0.15, -0.1) is 0 Å². The van der Waals surface area contributed by atoms with E-state index in [1.165, 1.54) is 18.6 Å². The summed E-state index contributed by atoms with van der Waals surface area (Å²) in [7, 11) is -3.79. The minimum absolute atomic E-state index is 0.211. The molecular weight excluding hydrogens is 335 g/mol. The van der Waals surface area contributed by atoms with Crippen LogP contribution in [0, 0.1) is 0 Å². The number of hydrogen-bond donors (Lipinski definition) is 2. The smallest absolute Gasteiger partial charge is 0.416 e. The number of sulfonamides is 1. The summed E-state index contributed by atoms with van der Waals surface area (Å²) in [5.74, 6) is -0.483. The number of aliphatic hydroxyl groups is 1. The Balaban J connectivity index is 1.95. The molecule has 0 aliphatic carbocycles. The van der Waals surface area contributed by atoms with Crippen LogP contribution in [-0.2, 0) is 22.0 Å². The molecule has 0 radical (unpaired) electrons. The van der Waals surface area contributed by atoms with Crippen LogP contribution in [0.25, 0.3) is 0 Å². The van der Waals surface area contributed by atoms with E-state index in [0.29, 0.717) is 5.56 Å². The molecule has 0 bridgehead atoms. The first kappa shape index (κ1) is 17.5. The molecule has 0 saturated heterocycles. The quantitative estimate of drug-likeness (QED) is 0.840. The zero-order valence-corrected chi connectivity index (χ0v) is 12.6. The van der Waals surface area contributed by atoms with Crippen molar-refractivity contribution in [3.8, 4) is 0 Å². The predicted octanol–water partition coefficient (Wildman–Crippen LogP) is 2.45. The van der Waals surface area contributed by atoms with E-state index < -0.39 is 33.6 Å². The summed E-state index contributed by atoms with van der Waals surface area (Å²) in [5, 5.41) is 9.75. The topological polar surface area (TPSA) is 79.5 Å². The number of alkyl halides is 3. The average molecular weight is 349 g/mol. The van der Waals surface area contributed by atoms with E-state index >= 15 is 0 Å². The minimum Gasteiger partial charge on any atom is -0.472 e. The second kappa shape index (κ2) is 6.73. The molecule has 2 rings (SSSR count). The van der Waals surface area contributed by atoms with Gasteiger partial charge in [0.25, 0.3) is 0 Å². The van der Waals surface area contributed by atoms with E-state index in [2.05, 4.69) is 4.72 Å². The first-order valence-electron chi connectivity index (χ1n) is 6.51. The van der Waals surface area contributed by atoms with Gasteiger partial charge in [0.2, 0.25) is 10.0 Å². The molecule has 9 heteroatoms. The van der Waals surface area contributed by atoms with E-state index in [4.69, 9.17) is 4.42 Å². The van der Waals surface area contributed by atoms with Crippen LogP contribution in [0.4, 0.5) is 13.2 Å². The molecule has 0 amide bonds. The fraction of sp³-hybridized carbons (Fsp3) is 0.286. The monoisotopic (exact) mass is 349 g/mol. The van der Waals surface area contributed by atoms with Gasteiger partial charge >= 0.3 is 6.18 Å². The molecule has 0 aliphatic rings. The van der Waals surface area contributed by atoms with E-state index in [1.54, 1.807) is 0 Å². The minimum atomic E-state index is -4.47. The number of nitrogens with one attached hydrogen (secondary N) is 1. The Morgan fingerprint density at radius 3 is 2.35 bits per heavy atom. The molecule has 0 aliphatic heterocycles. The fourth-order valence-corrected chi connectivity index (χ4v) is 2.99. The van der Waals surface area contributed by atoms with Crippen LogP contribution in [0.3, 0.4) is 0 Å². The zero-order valence-electron chi connectivity index (χ0n) is 11.7. The van der Waals surface area contributed by atoms with Crippen molar-refractivity contribution in [3.05, 3.63) is 59.5 Å². The first-order chi connectivity index (χ1) is 10.7. The van der Waals surface area contributed by atoms with E-state index in [-0.39, 0.29) is 12.1 Å². The standard InChI is InChI=1S/C14H14F3NO4S/c15-14(16,17)12-3-1-10(2-4-12)9-23(20,21)18-7-13(19)11-5-6-22-8-11/h1-6,8,13,18-19H,7,9H2. The Bertz CT molecular complexity index is 724. The van der Waals surface area contributed by atoms with Crippen molar-refractivity contribution in [2.75, 3.05) is 6.54 Å². The van der Waals surface area contributed by atoms with Gasteiger partial charge in [-0.25, -0.2) is 13.1 Å². The third-order valence-electron chi connectivity index (χ3n) is 3.06. The first-order valence-corrected chi connectivity index (χ1v) is 8.16. The molecule has 0 saturated carbocycles. The molecule has 0 spiro atoms. The van der Waals surface area contributed by atoms with Gasteiger partial charge in [-0.2, -0.15) is 13.2 Å². The highest BCUT2D eigenvalue weighted by molar-refractivity contribution is 7.88. The summed E-state index contributed by atoms with van der Waals surface area (Å²) in [4.78, 5) is 0. The molecule has 1 aromatic carbocycles. The number of halogens is 3. The summed E-state index contributed by atoms with van der Waals surface area (Å²) in [6, 6.07) is 5.36. The van der Waals surface area contributed by atoms with E-state index in [9.17, 15) is 26.7 Å². The zero-order chi connectivity index (χ0) is 17.1. The van der Waals surface area contributed by atoms with Gasteiger partial charge < -0.3 is 9.52 Å². The van der Waals surface area contributed by atoms with Gasteiger partial charge in [-0.1, -0.05) is 12.1 Å². The van der Waals surface area contributed by atoms with Crippen molar-refractivity contribution >= 4 is 10.0 Å². The molecule has 0 fully saturated rings. The summed E-state index contributed by atoms with van der Waals surface area (Å²) < 4.78 is 68.1. The Kier molecular flexibility index (Phi) is 5.12. The number of rotatable bonds is 6. The summed E-state index contributed by atoms with van der Waals surface area (Å²) in [5.41, 5.74) is -0.215. The second-order valence-electron chi connectivity index (χ2n) is 4.87. The van der Waals surface area contributed by atoms with Gasteiger partial charge in [-0.05, 0) is 23.8 Å². The molecule has 1 heterocycles. The molecular formula is C14H14F3NO4S. The predicted molar refractivity (Wildman–Crippen MR) is 75.7 cm³/mol. The Hall–Kier alpha value is -1.84. The largest absolute Gasteiger partial charge is 0.472 e. The van der Waals surface area contributed by atoms with E-state index in [1.807, 2.05) is 0 Å². The summed E-state index contributed by atoms with van der Waals surface area (Å²) in [6.07, 6.45) is -2.91. The van der Waals surface area contributed by atoms with Crippen LogP contribution in [0.1, 0.15) is 22.8 Å². The van der Waals surface area contributed by atoms with Gasteiger partial charge in [0, 0.05) is 12.1 Å². The Morgan fingerprint density at radius 2 is 1.83 bits per heavy atom. The van der Waals surface area contributed by atoms with Gasteiger partial charge in [0.1, 0.15) is 0 Å². The van der Waals surface area contributed by atoms with Crippen molar-refractivity contribution in [3.63, 3.8) is 0 Å². The number of aliphatic hydroxyl groups excluding tert-OH is 1. The van der Waals surface area contributed by atoms with Crippen LogP contribution in [-0.4, -0.2) is 20.1 Å². The highest BCUT2D eigenvalue weighted by Crippen LogP contribution is 2.29. The highest BCUT2D eigenvalue weighted by Gasteiger charge is 2.30. The highest BCUT2D eigenvalue weighted by atomic mass is 32.2. The molecule has 2 N–H and O–H groups in total. The lowest BCUT2D eigenvalue weighted by Crippen LogP contribution is -2.29. The van der Waals surface area contributed by atoms with Crippen LogP contribution < -0.4 is 4.72 Å². The maximum Gasteiger partial charge on any atom is 0.416 e. The average Bonchev–Trinajstić information content (AvgIpc) is 2.98. The SMILES string of the molecule is O=S(=O)(Cc1ccc(C(F)(F)F)cc1)NCC(O)c1ccoc1. The lowest BCUT2D eigenvalue weighted by Gasteiger charge is -2.11. The van der Waals surface area contributed by atoms with Crippen molar-refractivity contribution in [1.29, 1.82) is 0 Å². The molecule has 2 aromatic rings. The van der Waals surface area contributed by atoms with Crippen molar-refractivity contribution in [2.45, 2.75) is 18.0 Å². The van der Waals surface area contributed by atoms with Crippen LogP contribution in [0.5, 0.6) is 0 Å². The fourth-order valence-electron chi connectivity index (χ4n) is 1.85. The molecule has 23 heavy (non-hydrogen) atoms. The van der Waals surface area contributed by atoms with Crippen molar-refractivity contribution < 1.29 is 31.1 Å². The van der Waals surface area contributed by atoms with E-state index in [0.717, 1.165) is 24.3 Å². The van der Waals surface area contributed by atoms with Crippen LogP contribution in [0.15, 0.2) is 47.3 Å². The number of benzene rings is 1. The molecule has 126 valence electrons. The Labute approximate surface area is 130 Å². The van der Waals surface area contributed by atoms with Gasteiger partial charge in [0.05, 0.1) is 29.9 Å². The van der Waals surface area contributed by atoms with Crippen LogP contribution in [0.2, 0.25) is 0 Å². The maximum absolute atomic E-state index is 12.4. The van der Waals surface area contributed by atoms with Crippen LogP contribution >= 0.6 is 0 Å². The van der Waals surface area contributed by atoms with Crippen molar-refractivity contribution in [2.24, 2.45) is 0 Å². The molecule has 1 atom stereocenters. The van der Waals surface area contributed by atoms with Gasteiger partial charge in [-0.3, -0.25) is 0 Å². The lowest BCUT2D eigenvalue weighted by atomic mass is 10.1. The molecule has 1 aromatic heterocycles. The maximum atomic E-state index is 12.4. The summed E-state index contributed by atoms with van der Waals surface area (Å²) >= 11 is 0. The third-order valence-corrected chi connectivity index (χ3v) is 4.38. The second-order valence-corrected chi connectivity index (χ2v) is 6.68. The number of furan rings is 1. The lowest BCUT2D eigenvalue weighted by molar-refractivity contribution is -0.137. The normalized spacial score (nSPS) is 13.9. The van der Waals surface area contributed by atoms with Gasteiger partial charge in [0.15, 0.2) is 0 Å². The Morgan fingerprint density at radius 1 is 1.17 bits per heavy atom. The molecule has 1 unspecified atom stereocenters. The van der Waals surface area contributed by atoms with Crippen molar-refractivity contribution in [1.82, 2.24) is 4.72 Å². The third kappa shape index (κ3) is 5.08.